The Balaban J connectivity index is 1.85. The Morgan fingerprint density at radius 3 is 2.50 bits per heavy atom. The molecule has 1 fully saturated rings. The number of hydrogen-bond acceptors (Lipinski definition) is 5. The minimum absolute atomic E-state index is 0.236. The monoisotopic (exact) mass is 329 g/mol. The third-order valence-electron chi connectivity index (χ3n) is 4.42. The molecule has 1 aliphatic rings. The number of para-hydroxylation sites is 1. The van der Waals surface area contributed by atoms with Crippen LogP contribution in [-0.4, -0.2) is 68.4 Å². The first-order valence-corrected chi connectivity index (χ1v) is 8.28. The van der Waals surface area contributed by atoms with Gasteiger partial charge in [0.25, 0.3) is 0 Å². The number of rotatable bonds is 5. The van der Waals surface area contributed by atoms with Gasteiger partial charge in [-0.3, -0.25) is 4.90 Å². The summed E-state index contributed by atoms with van der Waals surface area (Å²) in [7, 11) is 0. The molecule has 128 valence electrons. The fraction of sp³-hybridized carbons (Fsp3) is 0.471. The molecule has 1 aliphatic heterocycles. The van der Waals surface area contributed by atoms with Gasteiger partial charge in [-0.15, -0.1) is 0 Å². The third-order valence-corrected chi connectivity index (χ3v) is 4.42. The highest BCUT2D eigenvalue weighted by molar-refractivity contribution is 5.91. The van der Waals surface area contributed by atoms with E-state index in [0.29, 0.717) is 18.1 Å². The van der Waals surface area contributed by atoms with Crippen LogP contribution in [0, 0.1) is 6.92 Å². The van der Waals surface area contributed by atoms with E-state index in [4.69, 9.17) is 0 Å². The molecule has 2 heterocycles. The number of hydrogen-bond donors (Lipinski definition) is 1. The summed E-state index contributed by atoms with van der Waals surface area (Å²) in [6.45, 7) is 9.84. The van der Waals surface area contributed by atoms with E-state index >= 15 is 0 Å². The average Bonchev–Trinajstić information content (AvgIpc) is 2.95. The number of carbonyl (C=O) groups is 1. The fourth-order valence-electron chi connectivity index (χ4n) is 3.06. The normalized spacial score (nSPS) is 16.4. The van der Waals surface area contributed by atoms with E-state index in [1.807, 2.05) is 13.0 Å². The van der Waals surface area contributed by atoms with E-state index in [1.54, 1.807) is 22.9 Å². The van der Waals surface area contributed by atoms with E-state index in [-0.39, 0.29) is 5.56 Å². The second kappa shape index (κ2) is 7.11. The van der Waals surface area contributed by atoms with Gasteiger partial charge in [0.1, 0.15) is 11.6 Å². The number of piperazine rings is 1. The second-order valence-electron chi connectivity index (χ2n) is 6.02. The van der Waals surface area contributed by atoms with Crippen LogP contribution in [0.15, 0.2) is 24.3 Å². The van der Waals surface area contributed by atoms with Crippen LogP contribution in [-0.2, 0) is 6.54 Å². The van der Waals surface area contributed by atoms with Crippen molar-refractivity contribution in [1.29, 1.82) is 0 Å². The van der Waals surface area contributed by atoms with Gasteiger partial charge in [-0.05, 0) is 25.6 Å². The molecule has 0 atom stereocenters. The van der Waals surface area contributed by atoms with Crippen molar-refractivity contribution in [3.8, 4) is 5.69 Å². The molecule has 1 N–H and O–H groups in total. The maximum absolute atomic E-state index is 11.5. The SMILES string of the molecule is CCN1CCN(Cc2nc(C)nn2-c2ccccc2C(=O)O)CC1. The molecule has 0 spiro atoms. The number of carboxylic acids is 1. The van der Waals surface area contributed by atoms with E-state index in [1.165, 1.54) is 0 Å². The lowest BCUT2D eigenvalue weighted by atomic mass is 10.2. The topological polar surface area (TPSA) is 74.5 Å². The van der Waals surface area contributed by atoms with E-state index < -0.39 is 5.97 Å². The van der Waals surface area contributed by atoms with Crippen LogP contribution < -0.4 is 0 Å². The molecule has 0 aliphatic carbocycles. The van der Waals surface area contributed by atoms with Crippen LogP contribution in [0.25, 0.3) is 5.69 Å². The van der Waals surface area contributed by atoms with Crippen LogP contribution in [0.5, 0.6) is 0 Å². The first-order valence-electron chi connectivity index (χ1n) is 8.28. The fourth-order valence-corrected chi connectivity index (χ4v) is 3.06. The molecule has 7 nitrogen and oxygen atoms in total. The van der Waals surface area contributed by atoms with Crippen LogP contribution in [0.4, 0.5) is 0 Å². The quantitative estimate of drug-likeness (QED) is 0.894. The molecular formula is C17H23N5O2. The standard InChI is InChI=1S/C17H23N5O2/c1-3-20-8-10-21(11-9-20)12-16-18-13(2)19-22(16)15-7-5-4-6-14(15)17(23)24/h4-7H,3,8-12H2,1-2H3,(H,23,24). The van der Waals surface area contributed by atoms with Gasteiger partial charge in [0.05, 0.1) is 17.8 Å². The maximum atomic E-state index is 11.5. The van der Waals surface area contributed by atoms with Crippen LogP contribution in [0.1, 0.15) is 28.9 Å². The van der Waals surface area contributed by atoms with Crippen LogP contribution >= 0.6 is 0 Å². The van der Waals surface area contributed by atoms with Crippen molar-refractivity contribution >= 4 is 5.97 Å². The van der Waals surface area contributed by atoms with Crippen LogP contribution in [0.3, 0.4) is 0 Å². The summed E-state index contributed by atoms with van der Waals surface area (Å²) < 4.78 is 1.67. The van der Waals surface area contributed by atoms with Gasteiger partial charge in [-0.1, -0.05) is 19.1 Å². The molecule has 3 rings (SSSR count). The predicted octanol–water partition coefficient (Wildman–Crippen LogP) is 1.41. The largest absolute Gasteiger partial charge is 0.478 e. The second-order valence-corrected chi connectivity index (χ2v) is 6.02. The van der Waals surface area contributed by atoms with E-state index in [9.17, 15) is 9.90 Å². The minimum Gasteiger partial charge on any atom is -0.478 e. The number of carboxylic acid groups (broad SMARTS) is 1. The summed E-state index contributed by atoms with van der Waals surface area (Å²) in [5.74, 6) is 0.477. The van der Waals surface area contributed by atoms with Gasteiger partial charge in [0.2, 0.25) is 0 Å². The van der Waals surface area contributed by atoms with Crippen LogP contribution in [0.2, 0.25) is 0 Å². The molecule has 7 heteroatoms. The van der Waals surface area contributed by atoms with Gasteiger partial charge in [0.15, 0.2) is 0 Å². The lowest BCUT2D eigenvalue weighted by Crippen LogP contribution is -2.45. The minimum atomic E-state index is -0.957. The third kappa shape index (κ3) is 3.47. The summed E-state index contributed by atoms with van der Waals surface area (Å²) >= 11 is 0. The summed E-state index contributed by atoms with van der Waals surface area (Å²) in [4.78, 5) is 20.8. The Morgan fingerprint density at radius 2 is 1.83 bits per heavy atom. The van der Waals surface area contributed by atoms with Crippen molar-refractivity contribution in [2.24, 2.45) is 0 Å². The Hall–Kier alpha value is -2.25. The highest BCUT2D eigenvalue weighted by Gasteiger charge is 2.21. The van der Waals surface area contributed by atoms with Crippen molar-refractivity contribution in [3.63, 3.8) is 0 Å². The Labute approximate surface area is 141 Å². The van der Waals surface area contributed by atoms with Crippen molar-refractivity contribution < 1.29 is 9.90 Å². The van der Waals surface area contributed by atoms with E-state index in [0.717, 1.165) is 38.5 Å². The lowest BCUT2D eigenvalue weighted by molar-refractivity contribution is 0.0696. The van der Waals surface area contributed by atoms with E-state index in [2.05, 4.69) is 26.8 Å². The first kappa shape index (κ1) is 16.6. The van der Waals surface area contributed by atoms with Crippen molar-refractivity contribution in [2.45, 2.75) is 20.4 Å². The molecule has 2 aromatic rings. The average molecular weight is 329 g/mol. The zero-order valence-corrected chi connectivity index (χ0v) is 14.1. The number of aromatic nitrogens is 3. The van der Waals surface area contributed by atoms with Gasteiger partial charge < -0.3 is 10.0 Å². The zero-order chi connectivity index (χ0) is 17.1. The Morgan fingerprint density at radius 1 is 1.17 bits per heavy atom. The van der Waals surface area contributed by atoms with Crippen molar-refractivity contribution in [2.75, 3.05) is 32.7 Å². The Bertz CT molecular complexity index is 720. The summed E-state index contributed by atoms with van der Waals surface area (Å²) in [5, 5.41) is 13.9. The van der Waals surface area contributed by atoms with Gasteiger partial charge in [0, 0.05) is 26.2 Å². The highest BCUT2D eigenvalue weighted by Crippen LogP contribution is 2.17. The molecule has 1 aromatic heterocycles. The van der Waals surface area contributed by atoms with Gasteiger partial charge >= 0.3 is 5.97 Å². The predicted molar refractivity (Wildman–Crippen MR) is 90.4 cm³/mol. The number of benzene rings is 1. The Kier molecular flexibility index (Phi) is 4.92. The molecule has 0 unspecified atom stereocenters. The van der Waals surface area contributed by atoms with Crippen molar-refractivity contribution in [1.82, 2.24) is 24.6 Å². The number of nitrogens with zero attached hydrogens (tertiary/aromatic N) is 5. The van der Waals surface area contributed by atoms with Crippen molar-refractivity contribution in [3.05, 3.63) is 41.5 Å². The zero-order valence-electron chi connectivity index (χ0n) is 14.1. The molecule has 0 saturated carbocycles. The summed E-state index contributed by atoms with van der Waals surface area (Å²) in [6.07, 6.45) is 0. The number of aryl methyl sites for hydroxylation is 1. The molecule has 24 heavy (non-hydrogen) atoms. The molecular weight excluding hydrogens is 306 g/mol. The smallest absolute Gasteiger partial charge is 0.337 e. The first-order chi connectivity index (χ1) is 11.6. The summed E-state index contributed by atoms with van der Waals surface area (Å²) in [5.41, 5.74) is 0.798. The van der Waals surface area contributed by atoms with Gasteiger partial charge in [-0.2, -0.15) is 5.10 Å². The molecule has 1 saturated heterocycles. The highest BCUT2D eigenvalue weighted by atomic mass is 16.4. The van der Waals surface area contributed by atoms with Gasteiger partial charge in [-0.25, -0.2) is 14.5 Å². The molecule has 1 aromatic carbocycles. The lowest BCUT2D eigenvalue weighted by Gasteiger charge is -2.33. The number of aromatic carboxylic acids is 1. The molecule has 0 amide bonds. The number of likely N-dealkylation sites (N-methyl/N-ethyl adjacent to an activating group) is 1. The summed E-state index contributed by atoms with van der Waals surface area (Å²) in [6, 6.07) is 6.91. The molecule has 0 bridgehead atoms. The molecule has 0 radical (unpaired) electrons. The maximum Gasteiger partial charge on any atom is 0.337 e.